The highest BCUT2D eigenvalue weighted by molar-refractivity contribution is 5.24. The lowest BCUT2D eigenvalue weighted by molar-refractivity contribution is -0.142. The molecule has 6 heteroatoms. The molecule has 0 unspecified atom stereocenters. The largest absolute Gasteiger partial charge is 0.408 e. The van der Waals surface area contributed by atoms with Gasteiger partial charge in [0.15, 0.2) is 0 Å². The van der Waals surface area contributed by atoms with Crippen molar-refractivity contribution in [2.75, 3.05) is 6.54 Å². The molecular weight excluding hydrogens is 219 g/mol. The molecule has 0 aromatic carbocycles. The summed E-state index contributed by atoms with van der Waals surface area (Å²) in [7, 11) is 0. The fourth-order valence-corrected chi connectivity index (χ4v) is 1.56. The van der Waals surface area contributed by atoms with Gasteiger partial charge in [-0.15, -0.1) is 0 Å². The van der Waals surface area contributed by atoms with Gasteiger partial charge in [-0.3, -0.25) is 4.68 Å². The van der Waals surface area contributed by atoms with Crippen molar-refractivity contribution in [3.05, 3.63) is 17.0 Å². The van der Waals surface area contributed by atoms with Crippen LogP contribution in [-0.2, 0) is 13.1 Å². The average molecular weight is 235 g/mol. The van der Waals surface area contributed by atoms with Gasteiger partial charge >= 0.3 is 6.18 Å². The molecule has 0 aliphatic heterocycles. The van der Waals surface area contributed by atoms with E-state index in [1.54, 1.807) is 13.8 Å². The van der Waals surface area contributed by atoms with Gasteiger partial charge in [-0.1, -0.05) is 6.92 Å². The zero-order valence-corrected chi connectivity index (χ0v) is 9.65. The van der Waals surface area contributed by atoms with Crippen LogP contribution in [0.4, 0.5) is 13.2 Å². The van der Waals surface area contributed by atoms with Crippen LogP contribution in [0.5, 0.6) is 0 Å². The molecule has 0 saturated carbocycles. The number of rotatable bonds is 4. The van der Waals surface area contributed by atoms with Gasteiger partial charge in [-0.05, 0) is 20.4 Å². The SMILES string of the molecule is CCNCc1c(C)nn(CC(F)(F)F)c1C. The van der Waals surface area contributed by atoms with Crippen molar-refractivity contribution in [2.24, 2.45) is 0 Å². The van der Waals surface area contributed by atoms with E-state index in [2.05, 4.69) is 10.4 Å². The lowest BCUT2D eigenvalue weighted by Gasteiger charge is -2.08. The van der Waals surface area contributed by atoms with Crippen molar-refractivity contribution in [3.63, 3.8) is 0 Å². The Balaban J connectivity index is 2.88. The molecule has 1 aromatic heterocycles. The van der Waals surface area contributed by atoms with E-state index in [0.717, 1.165) is 16.8 Å². The number of nitrogens with zero attached hydrogens (tertiary/aromatic N) is 2. The molecule has 0 amide bonds. The fourth-order valence-electron chi connectivity index (χ4n) is 1.56. The lowest BCUT2D eigenvalue weighted by Crippen LogP contribution is -2.20. The van der Waals surface area contributed by atoms with Gasteiger partial charge in [-0.25, -0.2) is 0 Å². The summed E-state index contributed by atoms with van der Waals surface area (Å²) < 4.78 is 37.7. The quantitative estimate of drug-likeness (QED) is 0.866. The summed E-state index contributed by atoms with van der Waals surface area (Å²) >= 11 is 0. The van der Waals surface area contributed by atoms with E-state index in [0.29, 0.717) is 17.9 Å². The van der Waals surface area contributed by atoms with Gasteiger partial charge in [0, 0.05) is 17.8 Å². The Hall–Kier alpha value is -1.04. The highest BCUT2D eigenvalue weighted by Gasteiger charge is 2.29. The average Bonchev–Trinajstić information content (AvgIpc) is 2.37. The summed E-state index contributed by atoms with van der Waals surface area (Å²) in [5.74, 6) is 0. The molecule has 0 spiro atoms. The second-order valence-corrected chi connectivity index (χ2v) is 3.70. The summed E-state index contributed by atoms with van der Waals surface area (Å²) in [4.78, 5) is 0. The van der Waals surface area contributed by atoms with E-state index in [-0.39, 0.29) is 0 Å². The van der Waals surface area contributed by atoms with Crippen LogP contribution in [-0.4, -0.2) is 22.5 Å². The van der Waals surface area contributed by atoms with Crippen molar-refractivity contribution < 1.29 is 13.2 Å². The Morgan fingerprint density at radius 2 is 1.94 bits per heavy atom. The maximum absolute atomic E-state index is 12.2. The third kappa shape index (κ3) is 3.23. The van der Waals surface area contributed by atoms with Crippen molar-refractivity contribution in [1.82, 2.24) is 15.1 Å². The van der Waals surface area contributed by atoms with E-state index in [1.165, 1.54) is 0 Å². The number of hydrogen-bond acceptors (Lipinski definition) is 2. The Morgan fingerprint density at radius 1 is 1.31 bits per heavy atom. The number of hydrogen-bond donors (Lipinski definition) is 1. The van der Waals surface area contributed by atoms with Gasteiger partial charge in [0.1, 0.15) is 6.54 Å². The third-order valence-electron chi connectivity index (χ3n) is 2.41. The topological polar surface area (TPSA) is 29.9 Å². The molecule has 3 nitrogen and oxygen atoms in total. The smallest absolute Gasteiger partial charge is 0.313 e. The summed E-state index contributed by atoms with van der Waals surface area (Å²) in [5.41, 5.74) is 2.09. The van der Waals surface area contributed by atoms with Crippen LogP contribution in [0.15, 0.2) is 0 Å². The summed E-state index contributed by atoms with van der Waals surface area (Å²) in [6.07, 6.45) is -4.22. The van der Waals surface area contributed by atoms with Crippen LogP contribution in [0, 0.1) is 13.8 Å². The molecule has 0 saturated heterocycles. The Morgan fingerprint density at radius 3 is 2.44 bits per heavy atom. The Labute approximate surface area is 92.6 Å². The zero-order chi connectivity index (χ0) is 12.3. The van der Waals surface area contributed by atoms with E-state index in [4.69, 9.17) is 0 Å². The van der Waals surface area contributed by atoms with Crippen LogP contribution in [0.25, 0.3) is 0 Å². The second-order valence-electron chi connectivity index (χ2n) is 3.70. The number of halogens is 3. The lowest BCUT2D eigenvalue weighted by atomic mass is 10.2. The van der Waals surface area contributed by atoms with Crippen LogP contribution in [0.1, 0.15) is 23.9 Å². The van der Waals surface area contributed by atoms with Gasteiger partial charge in [0.25, 0.3) is 0 Å². The minimum atomic E-state index is -4.22. The first-order chi connectivity index (χ1) is 7.35. The molecule has 1 heterocycles. The first-order valence-corrected chi connectivity index (χ1v) is 5.15. The Bertz CT molecular complexity index is 355. The van der Waals surface area contributed by atoms with E-state index < -0.39 is 12.7 Å². The number of nitrogens with one attached hydrogen (secondary N) is 1. The molecule has 1 N–H and O–H groups in total. The molecule has 1 rings (SSSR count). The van der Waals surface area contributed by atoms with Gasteiger partial charge in [0.2, 0.25) is 0 Å². The highest BCUT2D eigenvalue weighted by atomic mass is 19.4. The molecule has 1 aromatic rings. The molecule has 92 valence electrons. The van der Waals surface area contributed by atoms with Gasteiger partial charge in [-0.2, -0.15) is 18.3 Å². The normalized spacial score (nSPS) is 12.1. The second kappa shape index (κ2) is 4.86. The molecule has 0 aliphatic rings. The van der Waals surface area contributed by atoms with Crippen molar-refractivity contribution in [1.29, 1.82) is 0 Å². The van der Waals surface area contributed by atoms with E-state index in [9.17, 15) is 13.2 Å². The van der Waals surface area contributed by atoms with E-state index in [1.807, 2.05) is 6.92 Å². The van der Waals surface area contributed by atoms with E-state index >= 15 is 0 Å². The Kier molecular flexibility index (Phi) is 3.96. The highest BCUT2D eigenvalue weighted by Crippen LogP contribution is 2.20. The molecule has 0 fully saturated rings. The van der Waals surface area contributed by atoms with Gasteiger partial charge < -0.3 is 5.32 Å². The standard InChI is InChI=1S/C10H16F3N3/c1-4-14-5-9-7(2)15-16(8(9)3)6-10(11,12)13/h14H,4-6H2,1-3H3. The first kappa shape index (κ1) is 13.0. The predicted molar refractivity (Wildman–Crippen MR) is 55.1 cm³/mol. The van der Waals surface area contributed by atoms with Crippen molar-refractivity contribution >= 4 is 0 Å². The van der Waals surface area contributed by atoms with Crippen LogP contribution in [0.2, 0.25) is 0 Å². The maximum atomic E-state index is 12.2. The monoisotopic (exact) mass is 235 g/mol. The van der Waals surface area contributed by atoms with Gasteiger partial charge in [0.05, 0.1) is 5.69 Å². The molecular formula is C10H16F3N3. The van der Waals surface area contributed by atoms with Crippen LogP contribution in [0.3, 0.4) is 0 Å². The predicted octanol–water partition coefficient (Wildman–Crippen LogP) is 2.17. The molecule has 0 aliphatic carbocycles. The molecule has 16 heavy (non-hydrogen) atoms. The summed E-state index contributed by atoms with van der Waals surface area (Å²) in [5, 5.41) is 6.99. The number of aryl methyl sites for hydroxylation is 1. The van der Waals surface area contributed by atoms with Crippen molar-refractivity contribution in [2.45, 2.75) is 40.0 Å². The van der Waals surface area contributed by atoms with Crippen LogP contribution < -0.4 is 5.32 Å². The zero-order valence-electron chi connectivity index (χ0n) is 9.65. The first-order valence-electron chi connectivity index (χ1n) is 5.15. The van der Waals surface area contributed by atoms with Crippen LogP contribution >= 0.6 is 0 Å². The fraction of sp³-hybridized carbons (Fsp3) is 0.700. The minimum absolute atomic E-state index is 0.562. The minimum Gasteiger partial charge on any atom is -0.313 e. The molecule has 0 bridgehead atoms. The number of alkyl halides is 3. The van der Waals surface area contributed by atoms with Crippen molar-refractivity contribution in [3.8, 4) is 0 Å². The summed E-state index contributed by atoms with van der Waals surface area (Å²) in [6, 6.07) is 0. The molecule has 0 atom stereocenters. The summed E-state index contributed by atoms with van der Waals surface area (Å²) in [6.45, 7) is 5.66. The third-order valence-corrected chi connectivity index (χ3v) is 2.41. The maximum Gasteiger partial charge on any atom is 0.408 e. The number of aromatic nitrogens is 2. The molecule has 0 radical (unpaired) electrons.